The molecule has 1 amide bonds. The van der Waals surface area contributed by atoms with Gasteiger partial charge in [-0.05, 0) is 18.1 Å². The molecule has 0 aromatic heterocycles. The molecule has 0 aliphatic carbocycles. The van der Waals surface area contributed by atoms with Crippen LogP contribution in [0.3, 0.4) is 0 Å². The summed E-state index contributed by atoms with van der Waals surface area (Å²) in [5.41, 5.74) is 7.64. The van der Waals surface area contributed by atoms with Crippen LogP contribution in [0.2, 0.25) is 0 Å². The molecule has 1 aliphatic rings. The zero-order valence-electron chi connectivity index (χ0n) is 8.94. The van der Waals surface area contributed by atoms with Gasteiger partial charge in [0.2, 0.25) is 0 Å². The summed E-state index contributed by atoms with van der Waals surface area (Å²) in [6.07, 6.45) is 0.968. The van der Waals surface area contributed by atoms with Crippen molar-refractivity contribution in [3.63, 3.8) is 0 Å². The second kappa shape index (κ2) is 4.03. The van der Waals surface area contributed by atoms with Gasteiger partial charge in [0.15, 0.2) is 0 Å². The topological polar surface area (TPSA) is 46.3 Å². The Labute approximate surface area is 89.9 Å². The van der Waals surface area contributed by atoms with Gasteiger partial charge in [-0.15, -0.1) is 0 Å². The molecule has 0 radical (unpaired) electrons. The van der Waals surface area contributed by atoms with Crippen molar-refractivity contribution >= 4 is 5.91 Å². The molecule has 1 aromatic carbocycles. The molecule has 3 nitrogen and oxygen atoms in total. The predicted octanol–water partition coefficient (Wildman–Crippen LogP) is 1.55. The highest BCUT2D eigenvalue weighted by atomic mass is 16.2. The fourth-order valence-electron chi connectivity index (χ4n) is 2.20. The summed E-state index contributed by atoms with van der Waals surface area (Å²) in [4.78, 5) is 13.9. The first-order chi connectivity index (χ1) is 7.29. The van der Waals surface area contributed by atoms with Crippen LogP contribution in [0.25, 0.3) is 0 Å². The fraction of sp³-hybridized carbons (Fsp3) is 0.417. The number of carbonyl (C=O) groups excluding carboxylic acids is 1. The van der Waals surface area contributed by atoms with Gasteiger partial charge < -0.3 is 10.6 Å². The van der Waals surface area contributed by atoms with Crippen molar-refractivity contribution in [2.45, 2.75) is 19.4 Å². The largest absolute Gasteiger partial charge is 0.330 e. The first kappa shape index (κ1) is 10.2. The van der Waals surface area contributed by atoms with Crippen molar-refractivity contribution in [3.05, 3.63) is 35.4 Å². The molecular formula is C12H16N2O. The Morgan fingerprint density at radius 1 is 1.40 bits per heavy atom. The Morgan fingerprint density at radius 2 is 2.13 bits per heavy atom. The van der Waals surface area contributed by atoms with Crippen molar-refractivity contribution in [2.75, 3.05) is 13.1 Å². The zero-order chi connectivity index (χ0) is 10.8. The van der Waals surface area contributed by atoms with Crippen LogP contribution in [0.15, 0.2) is 24.3 Å². The number of amides is 1. The number of rotatable bonds is 3. The van der Waals surface area contributed by atoms with Gasteiger partial charge in [-0.25, -0.2) is 0 Å². The molecule has 1 aliphatic heterocycles. The summed E-state index contributed by atoms with van der Waals surface area (Å²) in [6.45, 7) is 3.36. The SMILES string of the molecule is CCCN1C(=O)c2ccccc2[C@H]1CN. The van der Waals surface area contributed by atoms with Crippen LogP contribution >= 0.6 is 0 Å². The van der Waals surface area contributed by atoms with E-state index in [-0.39, 0.29) is 11.9 Å². The van der Waals surface area contributed by atoms with Crippen molar-refractivity contribution in [3.8, 4) is 0 Å². The molecule has 0 bridgehead atoms. The smallest absolute Gasteiger partial charge is 0.254 e. The van der Waals surface area contributed by atoms with Gasteiger partial charge in [0, 0.05) is 18.7 Å². The summed E-state index contributed by atoms with van der Waals surface area (Å²) < 4.78 is 0. The summed E-state index contributed by atoms with van der Waals surface area (Å²) in [5.74, 6) is 0.128. The molecule has 15 heavy (non-hydrogen) atoms. The molecule has 0 unspecified atom stereocenters. The zero-order valence-corrected chi connectivity index (χ0v) is 8.94. The van der Waals surface area contributed by atoms with Gasteiger partial charge in [0.25, 0.3) is 5.91 Å². The minimum Gasteiger partial charge on any atom is -0.330 e. The third-order valence-corrected chi connectivity index (χ3v) is 2.88. The number of nitrogens with zero attached hydrogens (tertiary/aromatic N) is 1. The number of carbonyl (C=O) groups is 1. The second-order valence-electron chi connectivity index (χ2n) is 3.84. The summed E-state index contributed by atoms with van der Waals surface area (Å²) >= 11 is 0. The van der Waals surface area contributed by atoms with Gasteiger partial charge in [-0.1, -0.05) is 25.1 Å². The second-order valence-corrected chi connectivity index (χ2v) is 3.84. The molecule has 0 fully saturated rings. The van der Waals surface area contributed by atoms with Crippen LogP contribution in [0.4, 0.5) is 0 Å². The first-order valence-electron chi connectivity index (χ1n) is 5.39. The summed E-state index contributed by atoms with van der Waals surface area (Å²) in [7, 11) is 0. The summed E-state index contributed by atoms with van der Waals surface area (Å²) in [6, 6.07) is 7.83. The van der Waals surface area contributed by atoms with Crippen molar-refractivity contribution in [1.29, 1.82) is 0 Å². The maximum absolute atomic E-state index is 12.0. The Morgan fingerprint density at radius 3 is 2.80 bits per heavy atom. The van der Waals surface area contributed by atoms with Crippen LogP contribution in [-0.2, 0) is 0 Å². The normalized spacial score (nSPS) is 19.5. The van der Waals surface area contributed by atoms with E-state index in [1.807, 2.05) is 29.2 Å². The molecule has 1 aromatic rings. The van der Waals surface area contributed by atoms with Gasteiger partial charge in [-0.3, -0.25) is 4.79 Å². The van der Waals surface area contributed by atoms with E-state index in [0.29, 0.717) is 6.54 Å². The Hall–Kier alpha value is -1.35. The highest BCUT2D eigenvalue weighted by molar-refractivity contribution is 5.99. The van der Waals surface area contributed by atoms with E-state index in [2.05, 4.69) is 6.92 Å². The lowest BCUT2D eigenvalue weighted by atomic mass is 10.1. The predicted molar refractivity (Wildman–Crippen MR) is 59.6 cm³/mol. The van der Waals surface area contributed by atoms with Crippen molar-refractivity contribution in [2.24, 2.45) is 5.73 Å². The van der Waals surface area contributed by atoms with E-state index in [4.69, 9.17) is 5.73 Å². The highest BCUT2D eigenvalue weighted by Crippen LogP contribution is 2.32. The van der Waals surface area contributed by atoms with E-state index in [0.717, 1.165) is 24.1 Å². The average molecular weight is 204 g/mol. The quantitative estimate of drug-likeness (QED) is 0.812. The monoisotopic (exact) mass is 204 g/mol. The Kier molecular flexibility index (Phi) is 2.73. The molecule has 1 atom stereocenters. The lowest BCUT2D eigenvalue weighted by Gasteiger charge is -2.23. The molecule has 0 saturated carbocycles. The number of hydrogen-bond acceptors (Lipinski definition) is 2. The third kappa shape index (κ3) is 1.53. The Bertz CT molecular complexity index is 376. The van der Waals surface area contributed by atoms with Crippen LogP contribution < -0.4 is 5.73 Å². The maximum Gasteiger partial charge on any atom is 0.254 e. The van der Waals surface area contributed by atoms with Gasteiger partial charge in [-0.2, -0.15) is 0 Å². The average Bonchev–Trinajstić information content (AvgIpc) is 2.54. The number of hydrogen-bond donors (Lipinski definition) is 1. The number of fused-ring (bicyclic) bond motifs is 1. The fourth-order valence-corrected chi connectivity index (χ4v) is 2.20. The van der Waals surface area contributed by atoms with Crippen molar-refractivity contribution in [1.82, 2.24) is 4.90 Å². The van der Waals surface area contributed by atoms with E-state index in [1.165, 1.54) is 0 Å². The molecular weight excluding hydrogens is 188 g/mol. The number of benzene rings is 1. The standard InChI is InChI=1S/C12H16N2O/c1-2-7-14-11(8-13)9-5-3-4-6-10(9)12(14)15/h3-6,11H,2,7-8,13H2,1H3/t11-/m1/s1. The minimum atomic E-state index is 0.0775. The van der Waals surface area contributed by atoms with E-state index >= 15 is 0 Å². The molecule has 0 spiro atoms. The first-order valence-corrected chi connectivity index (χ1v) is 5.39. The van der Waals surface area contributed by atoms with Crippen molar-refractivity contribution < 1.29 is 4.79 Å². The lowest BCUT2D eigenvalue weighted by Crippen LogP contribution is -2.32. The molecule has 3 heteroatoms. The minimum absolute atomic E-state index is 0.0775. The van der Waals surface area contributed by atoms with Crippen LogP contribution in [-0.4, -0.2) is 23.9 Å². The van der Waals surface area contributed by atoms with Gasteiger partial charge in [0.05, 0.1) is 6.04 Å². The number of nitrogens with two attached hydrogens (primary N) is 1. The molecule has 2 N–H and O–H groups in total. The van der Waals surface area contributed by atoms with Crippen LogP contribution in [0.5, 0.6) is 0 Å². The molecule has 80 valence electrons. The van der Waals surface area contributed by atoms with E-state index in [9.17, 15) is 4.79 Å². The van der Waals surface area contributed by atoms with E-state index < -0.39 is 0 Å². The molecule has 0 saturated heterocycles. The van der Waals surface area contributed by atoms with Crippen LogP contribution in [0.1, 0.15) is 35.3 Å². The van der Waals surface area contributed by atoms with Gasteiger partial charge in [0.1, 0.15) is 0 Å². The van der Waals surface area contributed by atoms with Crippen LogP contribution in [0, 0.1) is 0 Å². The summed E-state index contributed by atoms with van der Waals surface area (Å²) in [5, 5.41) is 0. The lowest BCUT2D eigenvalue weighted by molar-refractivity contribution is 0.0730. The Balaban J connectivity index is 2.39. The molecule has 2 rings (SSSR count). The third-order valence-electron chi connectivity index (χ3n) is 2.88. The maximum atomic E-state index is 12.0. The van der Waals surface area contributed by atoms with Gasteiger partial charge >= 0.3 is 0 Å². The molecule has 1 heterocycles. The highest BCUT2D eigenvalue weighted by Gasteiger charge is 2.34. The van der Waals surface area contributed by atoms with E-state index in [1.54, 1.807) is 0 Å².